The summed E-state index contributed by atoms with van der Waals surface area (Å²) in [6, 6.07) is 11.5. The Bertz CT molecular complexity index is 1540. The molecule has 2 aromatic carbocycles. The molecule has 2 heterocycles. The van der Waals surface area contributed by atoms with Crippen LogP contribution in [0.4, 0.5) is 11.4 Å². The molecule has 0 aliphatic carbocycles. The van der Waals surface area contributed by atoms with Crippen LogP contribution in [0.1, 0.15) is 18.1 Å². The van der Waals surface area contributed by atoms with Crippen LogP contribution < -0.4 is 20.5 Å². The highest BCUT2D eigenvalue weighted by atomic mass is 32.2. The highest BCUT2D eigenvalue weighted by molar-refractivity contribution is 7.92. The van der Waals surface area contributed by atoms with E-state index in [0.29, 0.717) is 5.56 Å². The largest absolute Gasteiger partial charge is 0.331 e. The number of aryl methyl sites for hydroxylation is 2. The van der Waals surface area contributed by atoms with E-state index in [2.05, 4.69) is 0 Å². The summed E-state index contributed by atoms with van der Waals surface area (Å²) in [5, 5.41) is 0. The van der Waals surface area contributed by atoms with Crippen molar-refractivity contribution in [3.05, 3.63) is 74.4 Å². The second kappa shape index (κ2) is 8.28. The number of sulfonamides is 1. The van der Waals surface area contributed by atoms with Crippen molar-refractivity contribution in [1.82, 2.24) is 9.13 Å². The summed E-state index contributed by atoms with van der Waals surface area (Å²) in [5.74, 6) is -0.568. The molecule has 178 valence electrons. The maximum Gasteiger partial charge on any atom is 0.331 e. The lowest BCUT2D eigenvalue weighted by atomic mass is 10.0. The van der Waals surface area contributed by atoms with Crippen LogP contribution in [0.15, 0.2) is 56.9 Å². The molecule has 34 heavy (non-hydrogen) atoms. The van der Waals surface area contributed by atoms with E-state index in [0.717, 1.165) is 20.0 Å². The summed E-state index contributed by atoms with van der Waals surface area (Å²) in [6.07, 6.45) is 0. The second-order valence-corrected chi connectivity index (χ2v) is 10.2. The van der Waals surface area contributed by atoms with Crippen molar-refractivity contribution in [2.45, 2.75) is 25.7 Å². The van der Waals surface area contributed by atoms with Gasteiger partial charge in [0.2, 0.25) is 5.91 Å². The van der Waals surface area contributed by atoms with Gasteiger partial charge in [0.1, 0.15) is 12.2 Å². The van der Waals surface area contributed by atoms with Gasteiger partial charge in [0.25, 0.3) is 15.6 Å². The lowest BCUT2D eigenvalue weighted by Gasteiger charge is -2.34. The van der Waals surface area contributed by atoms with Gasteiger partial charge in [0.05, 0.1) is 16.3 Å². The van der Waals surface area contributed by atoms with E-state index in [1.807, 2.05) is 13.8 Å². The number of carbonyl (C=O) groups excluding carboxylic acids is 1. The number of likely N-dealkylation sites (N-methyl/N-ethyl adjacent to an activating group) is 1. The molecule has 1 aliphatic rings. The lowest BCUT2D eigenvalue weighted by Crippen LogP contribution is -2.49. The highest BCUT2D eigenvalue weighted by Crippen LogP contribution is 2.39. The van der Waals surface area contributed by atoms with Gasteiger partial charge in [0, 0.05) is 26.2 Å². The second-order valence-electron chi connectivity index (χ2n) is 8.39. The van der Waals surface area contributed by atoms with Crippen molar-refractivity contribution in [1.29, 1.82) is 0 Å². The Balaban J connectivity index is 2.13. The summed E-state index contributed by atoms with van der Waals surface area (Å²) in [5.41, 5.74) is 1.37. The number of fused-ring (bicyclic) bond motifs is 3. The van der Waals surface area contributed by atoms with Crippen molar-refractivity contribution < 1.29 is 13.2 Å². The highest BCUT2D eigenvalue weighted by Gasteiger charge is 2.36. The van der Waals surface area contributed by atoms with Gasteiger partial charge in [0.15, 0.2) is 0 Å². The van der Waals surface area contributed by atoms with Gasteiger partial charge in [-0.05, 0) is 45.0 Å². The number of hydrogen-bond acceptors (Lipinski definition) is 5. The number of aromatic nitrogens is 2. The quantitative estimate of drug-likeness (QED) is 0.568. The lowest BCUT2D eigenvalue weighted by molar-refractivity contribution is -0.117. The molecule has 0 radical (unpaired) electrons. The molecule has 0 atom stereocenters. The van der Waals surface area contributed by atoms with Gasteiger partial charge in [-0.2, -0.15) is 0 Å². The van der Waals surface area contributed by atoms with E-state index in [1.54, 1.807) is 37.3 Å². The average Bonchev–Trinajstić information content (AvgIpc) is 2.79. The molecule has 0 unspecified atom stereocenters. The topological polar surface area (TPSA) is 102 Å². The SMILES string of the molecule is CCN1C(=O)CN(S(=O)(=O)c2ccc(C)cc2)c2ccc(C)cc2-c2c1c(=O)n(C)c(=O)n2C. The number of benzene rings is 2. The zero-order valence-electron chi connectivity index (χ0n) is 19.7. The zero-order valence-corrected chi connectivity index (χ0v) is 20.5. The molecule has 0 saturated carbocycles. The van der Waals surface area contributed by atoms with Gasteiger partial charge < -0.3 is 4.90 Å². The molecule has 0 spiro atoms. The van der Waals surface area contributed by atoms with E-state index in [1.165, 1.54) is 35.7 Å². The fraction of sp³-hybridized carbons (Fsp3) is 0.292. The Labute approximate surface area is 197 Å². The van der Waals surface area contributed by atoms with E-state index in [4.69, 9.17) is 0 Å². The first-order valence-corrected chi connectivity index (χ1v) is 12.2. The fourth-order valence-corrected chi connectivity index (χ4v) is 5.67. The third-order valence-electron chi connectivity index (χ3n) is 6.09. The molecule has 1 aliphatic heterocycles. The minimum Gasteiger partial charge on any atom is -0.304 e. The van der Waals surface area contributed by atoms with Gasteiger partial charge in [-0.25, -0.2) is 13.2 Å². The number of rotatable bonds is 3. The minimum absolute atomic E-state index is 0.0409. The average molecular weight is 483 g/mol. The van der Waals surface area contributed by atoms with Crippen molar-refractivity contribution in [2.75, 3.05) is 22.3 Å². The van der Waals surface area contributed by atoms with Crippen molar-refractivity contribution in [2.24, 2.45) is 14.1 Å². The minimum atomic E-state index is -4.14. The first-order valence-electron chi connectivity index (χ1n) is 10.8. The molecule has 10 heteroatoms. The normalized spacial score (nSPS) is 13.9. The maximum atomic E-state index is 13.8. The van der Waals surface area contributed by atoms with Crippen LogP contribution in [-0.2, 0) is 28.9 Å². The summed E-state index contributed by atoms with van der Waals surface area (Å²) in [6.45, 7) is 5.01. The van der Waals surface area contributed by atoms with Gasteiger partial charge in [-0.15, -0.1) is 0 Å². The molecule has 1 amide bonds. The monoisotopic (exact) mass is 482 g/mol. The van der Waals surface area contributed by atoms with Crippen LogP contribution in [0, 0.1) is 13.8 Å². The molecular weight excluding hydrogens is 456 g/mol. The molecule has 9 nitrogen and oxygen atoms in total. The standard InChI is InChI=1S/C24H26N4O5S/c1-6-27-20(29)14-28(34(32,33)17-10-7-15(2)8-11-17)19-12-9-16(3)13-18(19)21-22(27)23(30)26(5)24(31)25(21)4/h7-13H,6,14H2,1-5H3. The van der Waals surface area contributed by atoms with Gasteiger partial charge in [-0.3, -0.25) is 23.0 Å². The number of anilines is 2. The number of amides is 1. The molecule has 1 aromatic heterocycles. The Morgan fingerprint density at radius 2 is 1.50 bits per heavy atom. The van der Waals surface area contributed by atoms with Crippen LogP contribution in [-0.4, -0.2) is 36.5 Å². The predicted octanol–water partition coefficient (Wildman–Crippen LogP) is 1.93. The summed E-state index contributed by atoms with van der Waals surface area (Å²) in [7, 11) is -1.28. The molecule has 0 N–H and O–H groups in total. The molecule has 0 bridgehead atoms. The predicted molar refractivity (Wildman–Crippen MR) is 131 cm³/mol. The van der Waals surface area contributed by atoms with Crippen LogP contribution in [0.2, 0.25) is 0 Å². The number of nitrogens with zero attached hydrogens (tertiary/aromatic N) is 4. The zero-order chi connectivity index (χ0) is 24.9. The van der Waals surface area contributed by atoms with Crippen molar-refractivity contribution >= 4 is 27.3 Å². The van der Waals surface area contributed by atoms with E-state index < -0.39 is 33.7 Å². The first kappa shape index (κ1) is 23.5. The third-order valence-corrected chi connectivity index (χ3v) is 7.87. The van der Waals surface area contributed by atoms with Crippen molar-refractivity contribution in [3.63, 3.8) is 0 Å². The van der Waals surface area contributed by atoms with Crippen LogP contribution >= 0.6 is 0 Å². The molecule has 0 fully saturated rings. The maximum absolute atomic E-state index is 13.8. The fourth-order valence-electron chi connectivity index (χ4n) is 4.24. The summed E-state index contributed by atoms with van der Waals surface area (Å²) < 4.78 is 30.8. The molecule has 3 aromatic rings. The Morgan fingerprint density at radius 1 is 0.882 bits per heavy atom. The molecular formula is C24H26N4O5S. The Kier molecular flexibility index (Phi) is 5.72. The summed E-state index contributed by atoms with van der Waals surface area (Å²) in [4.78, 5) is 40.8. The first-order chi connectivity index (χ1) is 16.0. The van der Waals surface area contributed by atoms with E-state index >= 15 is 0 Å². The van der Waals surface area contributed by atoms with Gasteiger partial charge in [-0.1, -0.05) is 29.3 Å². The number of hydrogen-bond donors (Lipinski definition) is 0. The Hall–Kier alpha value is -3.66. The van der Waals surface area contributed by atoms with Crippen molar-refractivity contribution in [3.8, 4) is 11.3 Å². The van der Waals surface area contributed by atoms with Gasteiger partial charge >= 0.3 is 5.69 Å². The van der Waals surface area contributed by atoms with Crippen LogP contribution in [0.3, 0.4) is 0 Å². The number of carbonyl (C=O) groups is 1. The smallest absolute Gasteiger partial charge is 0.304 e. The van der Waals surface area contributed by atoms with Crippen LogP contribution in [0.25, 0.3) is 11.3 Å². The van der Waals surface area contributed by atoms with E-state index in [-0.39, 0.29) is 28.5 Å². The van der Waals surface area contributed by atoms with E-state index in [9.17, 15) is 22.8 Å². The third kappa shape index (κ3) is 3.54. The molecule has 4 rings (SSSR count). The summed E-state index contributed by atoms with van der Waals surface area (Å²) >= 11 is 0. The van der Waals surface area contributed by atoms with Crippen LogP contribution in [0.5, 0.6) is 0 Å². The Morgan fingerprint density at radius 3 is 2.12 bits per heavy atom. The molecule has 0 saturated heterocycles.